The van der Waals surface area contributed by atoms with E-state index in [2.05, 4.69) is 5.43 Å². The predicted octanol–water partition coefficient (Wildman–Crippen LogP) is 2.57. The lowest BCUT2D eigenvalue weighted by Gasteiger charge is -2.31. The highest BCUT2D eigenvalue weighted by atomic mass is 16.5. The Morgan fingerprint density at radius 3 is 2.05 bits per heavy atom. The molecule has 0 saturated heterocycles. The lowest BCUT2D eigenvalue weighted by atomic mass is 9.94. The first-order valence-corrected chi connectivity index (χ1v) is 6.80. The van der Waals surface area contributed by atoms with Gasteiger partial charge < -0.3 is 4.74 Å². The molecule has 0 fully saturated rings. The molecule has 110 valence electrons. The second kappa shape index (κ2) is 6.41. The van der Waals surface area contributed by atoms with Crippen molar-refractivity contribution < 1.29 is 9.53 Å². The van der Waals surface area contributed by atoms with Gasteiger partial charge in [0, 0.05) is 19.7 Å². The normalized spacial score (nSPS) is 13.5. The fraction of sp³-hybridized carbons (Fsp3) is 0.235. The molecular weight excluding hydrogens is 264 g/mol. The summed E-state index contributed by atoms with van der Waals surface area (Å²) in [7, 11) is 3.54. The highest BCUT2D eigenvalue weighted by molar-refractivity contribution is 5.86. The Balaban J connectivity index is 2.37. The molecule has 0 aliphatic heterocycles. The maximum Gasteiger partial charge on any atom is 0.282 e. The zero-order chi connectivity index (χ0) is 15.3. The maximum atomic E-state index is 12.6. The fourth-order valence-electron chi connectivity index (χ4n) is 2.03. The highest BCUT2D eigenvalue weighted by Crippen LogP contribution is 2.28. The molecule has 4 heteroatoms. The van der Waals surface area contributed by atoms with E-state index in [9.17, 15) is 4.79 Å². The van der Waals surface area contributed by atoms with E-state index in [1.807, 2.05) is 60.7 Å². The molecule has 0 aromatic heterocycles. The number of hydrogen-bond donors (Lipinski definition) is 1. The van der Waals surface area contributed by atoms with E-state index in [-0.39, 0.29) is 5.91 Å². The van der Waals surface area contributed by atoms with Crippen LogP contribution in [0.1, 0.15) is 12.5 Å². The summed E-state index contributed by atoms with van der Waals surface area (Å²) in [6.45, 7) is 1.77. The van der Waals surface area contributed by atoms with Gasteiger partial charge in [-0.25, -0.2) is 5.01 Å². The van der Waals surface area contributed by atoms with Crippen molar-refractivity contribution in [2.45, 2.75) is 12.5 Å². The number of hydrogen-bond acceptors (Lipinski definition) is 3. The summed E-state index contributed by atoms with van der Waals surface area (Å²) in [6.07, 6.45) is 0. The number of ether oxygens (including phenoxy) is 1. The zero-order valence-corrected chi connectivity index (χ0v) is 12.5. The number of nitrogens with zero attached hydrogens (tertiary/aromatic N) is 1. The van der Waals surface area contributed by atoms with E-state index in [4.69, 9.17) is 4.74 Å². The number of rotatable bonds is 5. The van der Waals surface area contributed by atoms with Crippen molar-refractivity contribution >= 4 is 5.91 Å². The van der Waals surface area contributed by atoms with E-state index in [1.54, 1.807) is 26.0 Å². The summed E-state index contributed by atoms with van der Waals surface area (Å²) in [6, 6.07) is 18.8. The van der Waals surface area contributed by atoms with Gasteiger partial charge in [-0.3, -0.25) is 10.2 Å². The molecule has 21 heavy (non-hydrogen) atoms. The van der Waals surface area contributed by atoms with E-state index in [0.717, 1.165) is 5.56 Å². The van der Waals surface area contributed by atoms with Crippen LogP contribution in [0.4, 0.5) is 0 Å². The smallest absolute Gasteiger partial charge is 0.282 e. The zero-order valence-electron chi connectivity index (χ0n) is 12.5. The van der Waals surface area contributed by atoms with Crippen LogP contribution in [0.5, 0.6) is 5.75 Å². The van der Waals surface area contributed by atoms with Gasteiger partial charge in [0.05, 0.1) is 0 Å². The maximum absolute atomic E-state index is 12.6. The van der Waals surface area contributed by atoms with Crippen LogP contribution in [0.3, 0.4) is 0 Å². The third kappa shape index (κ3) is 3.61. The minimum Gasteiger partial charge on any atom is -0.473 e. The number of para-hydroxylation sites is 1. The van der Waals surface area contributed by atoms with Gasteiger partial charge in [-0.15, -0.1) is 0 Å². The molecule has 0 saturated carbocycles. The van der Waals surface area contributed by atoms with E-state index >= 15 is 0 Å². The molecule has 1 unspecified atom stereocenters. The van der Waals surface area contributed by atoms with Crippen LogP contribution in [-0.4, -0.2) is 25.0 Å². The van der Waals surface area contributed by atoms with Crippen molar-refractivity contribution in [2.75, 3.05) is 14.1 Å². The second-order valence-corrected chi connectivity index (χ2v) is 5.15. The Kier molecular flexibility index (Phi) is 4.60. The molecule has 2 rings (SSSR count). The number of carbonyl (C=O) groups is 1. The van der Waals surface area contributed by atoms with E-state index < -0.39 is 5.60 Å². The van der Waals surface area contributed by atoms with Crippen molar-refractivity contribution in [3.63, 3.8) is 0 Å². The monoisotopic (exact) mass is 284 g/mol. The molecule has 0 spiro atoms. The first-order chi connectivity index (χ1) is 10.0. The van der Waals surface area contributed by atoms with Gasteiger partial charge in [0.25, 0.3) is 5.91 Å². The van der Waals surface area contributed by atoms with Crippen molar-refractivity contribution in [3.05, 3.63) is 66.2 Å². The molecule has 1 amide bonds. The minimum atomic E-state index is -1.10. The molecule has 2 aromatic rings. The molecule has 0 bridgehead atoms. The van der Waals surface area contributed by atoms with Crippen LogP contribution in [0, 0.1) is 0 Å². The lowest BCUT2D eigenvalue weighted by molar-refractivity contribution is -0.140. The quantitative estimate of drug-likeness (QED) is 0.858. The topological polar surface area (TPSA) is 41.6 Å². The van der Waals surface area contributed by atoms with Crippen molar-refractivity contribution in [1.29, 1.82) is 0 Å². The van der Waals surface area contributed by atoms with Crippen LogP contribution >= 0.6 is 0 Å². The summed E-state index contributed by atoms with van der Waals surface area (Å²) in [5.74, 6) is 0.431. The van der Waals surface area contributed by atoms with Crippen LogP contribution in [0.2, 0.25) is 0 Å². The second-order valence-electron chi connectivity index (χ2n) is 5.15. The van der Waals surface area contributed by atoms with Gasteiger partial charge in [-0.1, -0.05) is 48.5 Å². The Hall–Kier alpha value is -2.33. The van der Waals surface area contributed by atoms with E-state index in [1.165, 1.54) is 0 Å². The van der Waals surface area contributed by atoms with E-state index in [0.29, 0.717) is 5.75 Å². The molecule has 4 nitrogen and oxygen atoms in total. The van der Waals surface area contributed by atoms with Gasteiger partial charge in [-0.05, 0) is 19.1 Å². The van der Waals surface area contributed by atoms with Gasteiger partial charge in [0.2, 0.25) is 5.60 Å². The molecule has 2 aromatic carbocycles. The van der Waals surface area contributed by atoms with Crippen LogP contribution in [0.15, 0.2) is 60.7 Å². The summed E-state index contributed by atoms with van der Waals surface area (Å²) in [5, 5.41) is 1.61. The number of benzene rings is 2. The van der Waals surface area contributed by atoms with Crippen molar-refractivity contribution in [3.8, 4) is 5.75 Å². The SMILES string of the molecule is CN(C)NC(=O)C(C)(Oc1ccccc1)c1ccccc1. The Labute approximate surface area is 125 Å². The number of nitrogens with one attached hydrogen (secondary N) is 1. The number of amides is 1. The van der Waals surface area contributed by atoms with Gasteiger partial charge >= 0.3 is 0 Å². The van der Waals surface area contributed by atoms with Gasteiger partial charge in [-0.2, -0.15) is 0 Å². The Morgan fingerprint density at radius 2 is 1.52 bits per heavy atom. The number of hydrazine groups is 1. The highest BCUT2D eigenvalue weighted by Gasteiger charge is 2.38. The summed E-state index contributed by atoms with van der Waals surface area (Å²) in [5.41, 5.74) is 2.47. The molecule has 1 atom stereocenters. The Morgan fingerprint density at radius 1 is 1.00 bits per heavy atom. The standard InChI is InChI=1S/C17H20N2O2/c1-17(16(20)18-19(2)3,14-10-6-4-7-11-14)21-15-12-8-5-9-13-15/h4-13H,1-3H3,(H,18,20). The van der Waals surface area contributed by atoms with Crippen LogP contribution in [-0.2, 0) is 10.4 Å². The third-order valence-electron chi connectivity index (χ3n) is 3.15. The summed E-state index contributed by atoms with van der Waals surface area (Å²) in [4.78, 5) is 12.6. The minimum absolute atomic E-state index is 0.220. The first kappa shape index (κ1) is 15.1. The average Bonchev–Trinajstić information content (AvgIpc) is 2.48. The molecule has 0 aliphatic carbocycles. The van der Waals surface area contributed by atoms with Crippen LogP contribution in [0.25, 0.3) is 0 Å². The first-order valence-electron chi connectivity index (χ1n) is 6.80. The average molecular weight is 284 g/mol. The van der Waals surface area contributed by atoms with Gasteiger partial charge in [0.1, 0.15) is 5.75 Å². The molecular formula is C17H20N2O2. The third-order valence-corrected chi connectivity index (χ3v) is 3.15. The van der Waals surface area contributed by atoms with Crippen LogP contribution < -0.4 is 10.2 Å². The molecule has 0 radical (unpaired) electrons. The summed E-state index contributed by atoms with van der Waals surface area (Å²) < 4.78 is 6.01. The predicted molar refractivity (Wildman–Crippen MR) is 82.7 cm³/mol. The molecule has 0 aliphatic rings. The van der Waals surface area contributed by atoms with Gasteiger partial charge in [0.15, 0.2) is 0 Å². The van der Waals surface area contributed by atoms with Crippen molar-refractivity contribution in [1.82, 2.24) is 10.4 Å². The fourth-order valence-corrected chi connectivity index (χ4v) is 2.03. The molecule has 0 heterocycles. The Bertz CT molecular complexity index is 584. The van der Waals surface area contributed by atoms with Crippen molar-refractivity contribution in [2.24, 2.45) is 0 Å². The largest absolute Gasteiger partial charge is 0.473 e. The number of carbonyl (C=O) groups excluding carboxylic acids is 1. The molecule has 1 N–H and O–H groups in total. The lowest BCUT2D eigenvalue weighted by Crippen LogP contribution is -2.50. The summed E-state index contributed by atoms with van der Waals surface area (Å²) >= 11 is 0.